The second-order valence-electron chi connectivity index (χ2n) is 4.27. The fourth-order valence-corrected chi connectivity index (χ4v) is 2.73. The molecule has 0 amide bonds. The van der Waals surface area contributed by atoms with Crippen molar-refractivity contribution < 1.29 is 0 Å². The highest BCUT2D eigenvalue weighted by molar-refractivity contribution is 14.1. The van der Waals surface area contributed by atoms with Crippen LogP contribution in [0.1, 0.15) is 30.8 Å². The average Bonchev–Trinajstić information content (AvgIpc) is 2.88. The van der Waals surface area contributed by atoms with Gasteiger partial charge in [0, 0.05) is 28.4 Å². The maximum atomic E-state index is 4.32. The first-order valence-corrected chi connectivity index (χ1v) is 7.35. The molecule has 0 radical (unpaired) electrons. The molecule has 2 rings (SSSR count). The zero-order valence-corrected chi connectivity index (χ0v) is 12.6. The van der Waals surface area contributed by atoms with Gasteiger partial charge in [0.15, 0.2) is 0 Å². The zero-order chi connectivity index (χ0) is 12.8. The van der Waals surface area contributed by atoms with Crippen LogP contribution in [0.3, 0.4) is 0 Å². The Kier molecular flexibility index (Phi) is 5.19. The Labute approximate surface area is 122 Å². The van der Waals surface area contributed by atoms with Gasteiger partial charge < -0.3 is 10.3 Å². The van der Waals surface area contributed by atoms with Crippen molar-refractivity contribution in [2.45, 2.75) is 25.8 Å². The van der Waals surface area contributed by atoms with E-state index in [1.54, 1.807) is 0 Å². The van der Waals surface area contributed by atoms with Crippen LogP contribution in [0.2, 0.25) is 0 Å². The molecule has 0 aliphatic rings. The minimum absolute atomic E-state index is 0.323. The molecular formula is C14H18IN3. The second-order valence-corrected chi connectivity index (χ2v) is 5.43. The molecule has 0 aliphatic carbocycles. The number of aromatic amines is 1. The van der Waals surface area contributed by atoms with E-state index in [4.69, 9.17) is 0 Å². The minimum atomic E-state index is 0.323. The minimum Gasteiger partial charge on any atom is -0.349 e. The lowest BCUT2D eigenvalue weighted by Gasteiger charge is -2.19. The number of H-pyrrole nitrogens is 1. The summed E-state index contributed by atoms with van der Waals surface area (Å²) in [5.74, 6) is 1.03. The number of hydrogen-bond acceptors (Lipinski definition) is 2. The van der Waals surface area contributed by atoms with Crippen molar-refractivity contribution in [1.29, 1.82) is 0 Å². The summed E-state index contributed by atoms with van der Waals surface area (Å²) >= 11 is 2.40. The van der Waals surface area contributed by atoms with Crippen LogP contribution in [-0.4, -0.2) is 16.5 Å². The summed E-state index contributed by atoms with van der Waals surface area (Å²) < 4.78 is 1.30. The Hall–Kier alpha value is -0.880. The summed E-state index contributed by atoms with van der Waals surface area (Å²) in [6, 6.07) is 8.84. The molecule has 1 atom stereocenters. The third-order valence-corrected chi connectivity index (χ3v) is 3.86. The van der Waals surface area contributed by atoms with E-state index in [-0.39, 0.29) is 0 Å². The Bertz CT molecular complexity index is 468. The van der Waals surface area contributed by atoms with Crippen molar-refractivity contribution in [2.24, 2.45) is 0 Å². The summed E-state index contributed by atoms with van der Waals surface area (Å²) in [6.45, 7) is 3.21. The van der Waals surface area contributed by atoms with Crippen LogP contribution in [0.4, 0.5) is 0 Å². The Morgan fingerprint density at radius 1 is 1.39 bits per heavy atom. The molecule has 1 unspecified atom stereocenters. The first-order chi connectivity index (χ1) is 8.81. The van der Waals surface area contributed by atoms with E-state index >= 15 is 0 Å². The van der Waals surface area contributed by atoms with E-state index in [1.807, 2.05) is 12.4 Å². The Morgan fingerprint density at radius 3 is 2.89 bits per heavy atom. The van der Waals surface area contributed by atoms with Gasteiger partial charge in [-0.3, -0.25) is 0 Å². The molecule has 1 aromatic carbocycles. The summed E-state index contributed by atoms with van der Waals surface area (Å²) in [4.78, 5) is 7.50. The lowest BCUT2D eigenvalue weighted by Crippen LogP contribution is -2.25. The molecule has 0 spiro atoms. The van der Waals surface area contributed by atoms with Gasteiger partial charge in [-0.1, -0.05) is 25.1 Å². The number of hydrogen-bond donors (Lipinski definition) is 2. The van der Waals surface area contributed by atoms with E-state index in [0.29, 0.717) is 6.04 Å². The predicted molar refractivity (Wildman–Crippen MR) is 82.5 cm³/mol. The number of rotatable bonds is 6. The average molecular weight is 355 g/mol. The standard InChI is InChI=1S/C14H18IN3/c1-2-7-16-13(10-14-17-8-9-18-14)11-5-3-4-6-12(11)15/h3-6,8-9,13,16H,2,7,10H2,1H3,(H,17,18). The molecule has 0 saturated carbocycles. The molecule has 0 bridgehead atoms. The molecule has 96 valence electrons. The largest absolute Gasteiger partial charge is 0.349 e. The number of nitrogens with zero attached hydrogens (tertiary/aromatic N) is 1. The van der Waals surface area contributed by atoms with Crippen LogP contribution < -0.4 is 5.32 Å². The normalized spacial score (nSPS) is 12.6. The lowest BCUT2D eigenvalue weighted by molar-refractivity contribution is 0.518. The van der Waals surface area contributed by atoms with Crippen LogP contribution >= 0.6 is 22.6 Å². The summed E-state index contributed by atoms with van der Waals surface area (Å²) in [6.07, 6.45) is 5.72. The quantitative estimate of drug-likeness (QED) is 0.781. The van der Waals surface area contributed by atoms with Gasteiger partial charge in [-0.25, -0.2) is 4.98 Å². The molecule has 2 N–H and O–H groups in total. The number of halogens is 1. The fourth-order valence-electron chi connectivity index (χ4n) is 1.97. The molecule has 0 aliphatic heterocycles. The number of nitrogens with one attached hydrogen (secondary N) is 2. The smallest absolute Gasteiger partial charge is 0.107 e. The lowest BCUT2D eigenvalue weighted by atomic mass is 10.0. The van der Waals surface area contributed by atoms with Gasteiger partial charge in [0.1, 0.15) is 5.82 Å². The van der Waals surface area contributed by atoms with Gasteiger partial charge in [0.05, 0.1) is 0 Å². The molecular weight excluding hydrogens is 337 g/mol. The van der Waals surface area contributed by atoms with Crippen LogP contribution in [-0.2, 0) is 6.42 Å². The first-order valence-electron chi connectivity index (χ1n) is 6.27. The Morgan fingerprint density at radius 2 is 2.22 bits per heavy atom. The van der Waals surface area contributed by atoms with Crippen LogP contribution in [0.5, 0.6) is 0 Å². The topological polar surface area (TPSA) is 40.7 Å². The molecule has 0 fully saturated rings. The van der Waals surface area contributed by atoms with Gasteiger partial charge in [0.25, 0.3) is 0 Å². The monoisotopic (exact) mass is 355 g/mol. The highest BCUT2D eigenvalue weighted by atomic mass is 127. The van der Waals surface area contributed by atoms with Crippen LogP contribution in [0.15, 0.2) is 36.7 Å². The van der Waals surface area contributed by atoms with Gasteiger partial charge in [-0.15, -0.1) is 0 Å². The third-order valence-electron chi connectivity index (χ3n) is 2.87. The summed E-state index contributed by atoms with van der Waals surface area (Å²) in [5, 5.41) is 3.60. The predicted octanol–water partition coefficient (Wildman–Crippen LogP) is 3.30. The van der Waals surface area contributed by atoms with Gasteiger partial charge >= 0.3 is 0 Å². The second kappa shape index (κ2) is 6.89. The van der Waals surface area contributed by atoms with E-state index in [1.165, 1.54) is 9.13 Å². The summed E-state index contributed by atoms with van der Waals surface area (Å²) in [7, 11) is 0. The maximum Gasteiger partial charge on any atom is 0.107 e. The molecule has 0 saturated heterocycles. The first kappa shape index (κ1) is 13.5. The number of benzene rings is 1. The van der Waals surface area contributed by atoms with Crippen molar-refractivity contribution >= 4 is 22.6 Å². The van der Waals surface area contributed by atoms with Crippen molar-refractivity contribution in [2.75, 3.05) is 6.54 Å². The van der Waals surface area contributed by atoms with Crippen molar-refractivity contribution in [3.05, 3.63) is 51.6 Å². The molecule has 2 aromatic rings. The van der Waals surface area contributed by atoms with Gasteiger partial charge in [-0.2, -0.15) is 0 Å². The summed E-state index contributed by atoms with van der Waals surface area (Å²) in [5.41, 5.74) is 1.35. The molecule has 3 nitrogen and oxygen atoms in total. The van der Waals surface area contributed by atoms with Gasteiger partial charge in [-0.05, 0) is 47.2 Å². The number of aromatic nitrogens is 2. The maximum absolute atomic E-state index is 4.32. The van der Waals surface area contributed by atoms with E-state index < -0.39 is 0 Å². The van der Waals surface area contributed by atoms with Crippen LogP contribution in [0, 0.1) is 3.57 Å². The SMILES string of the molecule is CCCNC(Cc1ncc[nH]1)c1ccccc1I. The highest BCUT2D eigenvalue weighted by Gasteiger charge is 2.15. The van der Waals surface area contributed by atoms with Crippen molar-refractivity contribution in [3.63, 3.8) is 0 Å². The highest BCUT2D eigenvalue weighted by Crippen LogP contribution is 2.22. The van der Waals surface area contributed by atoms with Crippen molar-refractivity contribution in [3.8, 4) is 0 Å². The van der Waals surface area contributed by atoms with E-state index in [9.17, 15) is 0 Å². The van der Waals surface area contributed by atoms with E-state index in [0.717, 1.165) is 25.2 Å². The van der Waals surface area contributed by atoms with E-state index in [2.05, 4.69) is 69.1 Å². The molecule has 1 aromatic heterocycles. The van der Waals surface area contributed by atoms with Crippen LogP contribution in [0.25, 0.3) is 0 Å². The van der Waals surface area contributed by atoms with Crippen molar-refractivity contribution in [1.82, 2.24) is 15.3 Å². The Balaban J connectivity index is 2.16. The molecule has 4 heteroatoms. The number of imidazole rings is 1. The van der Waals surface area contributed by atoms with Gasteiger partial charge in [0.2, 0.25) is 0 Å². The fraction of sp³-hybridized carbons (Fsp3) is 0.357. The molecule has 18 heavy (non-hydrogen) atoms. The molecule has 1 heterocycles. The zero-order valence-electron chi connectivity index (χ0n) is 10.5. The third kappa shape index (κ3) is 3.55.